The van der Waals surface area contributed by atoms with Crippen molar-refractivity contribution in [1.82, 2.24) is 20.2 Å². The van der Waals surface area contributed by atoms with Gasteiger partial charge in [-0.05, 0) is 48.6 Å². The monoisotopic (exact) mass is 413 g/mol. The van der Waals surface area contributed by atoms with Gasteiger partial charge < -0.3 is 4.90 Å². The standard InChI is InChI=1S/C24H20FN5O/c1-3-24(2)19-7-8-26-13-21(19)30(23(24)31)14-20-22(15-6-9-28-29-12-15)18-5-4-17(25)10-16(18)11-27-20/h4-13H,3,14H2,1-2H3. The molecule has 0 saturated heterocycles. The highest BCUT2D eigenvalue weighted by Crippen LogP contribution is 2.44. The minimum Gasteiger partial charge on any atom is -0.304 e. The number of amides is 1. The smallest absolute Gasteiger partial charge is 0.237 e. The Morgan fingerprint density at radius 3 is 2.71 bits per heavy atom. The highest BCUT2D eigenvalue weighted by Gasteiger charge is 2.46. The fourth-order valence-corrected chi connectivity index (χ4v) is 4.35. The van der Waals surface area contributed by atoms with E-state index in [1.54, 1.807) is 42.0 Å². The molecule has 1 atom stereocenters. The molecule has 0 saturated carbocycles. The Kier molecular flexibility index (Phi) is 4.46. The van der Waals surface area contributed by atoms with Gasteiger partial charge in [-0.15, -0.1) is 0 Å². The van der Waals surface area contributed by atoms with E-state index in [9.17, 15) is 9.18 Å². The lowest BCUT2D eigenvalue weighted by molar-refractivity contribution is -0.122. The molecule has 0 radical (unpaired) electrons. The van der Waals surface area contributed by atoms with Crippen LogP contribution in [0.25, 0.3) is 21.9 Å². The first-order valence-electron chi connectivity index (χ1n) is 10.1. The molecule has 1 unspecified atom stereocenters. The molecule has 0 aliphatic carbocycles. The summed E-state index contributed by atoms with van der Waals surface area (Å²) in [6, 6.07) is 8.38. The summed E-state index contributed by atoms with van der Waals surface area (Å²) in [4.78, 5) is 24.1. The van der Waals surface area contributed by atoms with Crippen molar-refractivity contribution in [1.29, 1.82) is 0 Å². The molecule has 4 aromatic rings. The summed E-state index contributed by atoms with van der Waals surface area (Å²) in [6.45, 7) is 4.26. The second-order valence-corrected chi connectivity index (χ2v) is 7.91. The van der Waals surface area contributed by atoms with Gasteiger partial charge in [0.1, 0.15) is 5.82 Å². The van der Waals surface area contributed by atoms with E-state index in [1.807, 2.05) is 26.0 Å². The lowest BCUT2D eigenvalue weighted by atomic mass is 9.82. The summed E-state index contributed by atoms with van der Waals surface area (Å²) in [5.74, 6) is -0.299. The van der Waals surface area contributed by atoms with Crippen LogP contribution in [0.3, 0.4) is 0 Å². The summed E-state index contributed by atoms with van der Waals surface area (Å²) in [5, 5.41) is 9.40. The zero-order chi connectivity index (χ0) is 21.6. The minimum atomic E-state index is -0.601. The Bertz CT molecular complexity index is 1310. The molecular weight excluding hydrogens is 393 g/mol. The summed E-state index contributed by atoms with van der Waals surface area (Å²) in [6.07, 6.45) is 9.05. The van der Waals surface area contributed by atoms with Crippen LogP contribution in [0.15, 0.2) is 61.3 Å². The molecule has 0 fully saturated rings. The number of carbonyl (C=O) groups is 1. The second-order valence-electron chi connectivity index (χ2n) is 7.91. The van der Waals surface area contributed by atoms with E-state index in [0.717, 1.165) is 27.8 Å². The summed E-state index contributed by atoms with van der Waals surface area (Å²) < 4.78 is 13.8. The maximum absolute atomic E-state index is 13.8. The molecule has 3 aromatic heterocycles. The molecule has 7 heteroatoms. The lowest BCUT2D eigenvalue weighted by Gasteiger charge is -2.23. The largest absolute Gasteiger partial charge is 0.304 e. The Labute approximate surface area is 178 Å². The number of pyridine rings is 2. The summed E-state index contributed by atoms with van der Waals surface area (Å²) >= 11 is 0. The van der Waals surface area contributed by atoms with E-state index in [-0.39, 0.29) is 18.3 Å². The highest BCUT2D eigenvalue weighted by molar-refractivity contribution is 6.08. The molecule has 6 nitrogen and oxygen atoms in total. The number of aromatic nitrogens is 4. The number of hydrogen-bond acceptors (Lipinski definition) is 5. The Morgan fingerprint density at radius 2 is 1.94 bits per heavy atom. The number of hydrogen-bond donors (Lipinski definition) is 0. The number of nitrogens with zero attached hydrogens (tertiary/aromatic N) is 5. The summed E-state index contributed by atoms with van der Waals surface area (Å²) in [5.41, 5.74) is 3.51. The third-order valence-electron chi connectivity index (χ3n) is 6.22. The van der Waals surface area contributed by atoms with Crippen molar-refractivity contribution in [3.05, 3.63) is 78.4 Å². The average molecular weight is 413 g/mol. The average Bonchev–Trinajstić information content (AvgIpc) is 3.02. The van der Waals surface area contributed by atoms with Gasteiger partial charge in [0, 0.05) is 28.9 Å². The van der Waals surface area contributed by atoms with Gasteiger partial charge in [-0.2, -0.15) is 10.2 Å². The van der Waals surface area contributed by atoms with Gasteiger partial charge in [-0.3, -0.25) is 14.8 Å². The van der Waals surface area contributed by atoms with Crippen molar-refractivity contribution in [2.24, 2.45) is 0 Å². The SMILES string of the molecule is CCC1(C)C(=O)N(Cc2ncc3cc(F)ccc3c2-c2ccnnc2)c2cnccc21. The van der Waals surface area contributed by atoms with E-state index in [0.29, 0.717) is 17.5 Å². The van der Waals surface area contributed by atoms with Gasteiger partial charge in [0.25, 0.3) is 0 Å². The third kappa shape index (κ3) is 2.96. The molecule has 1 aliphatic rings. The van der Waals surface area contributed by atoms with Crippen molar-refractivity contribution < 1.29 is 9.18 Å². The fraction of sp³-hybridized carbons (Fsp3) is 0.208. The van der Waals surface area contributed by atoms with E-state index in [1.165, 1.54) is 12.1 Å². The molecule has 5 rings (SSSR count). The van der Waals surface area contributed by atoms with Crippen molar-refractivity contribution in [3.63, 3.8) is 0 Å². The predicted molar refractivity (Wildman–Crippen MR) is 116 cm³/mol. The van der Waals surface area contributed by atoms with Crippen LogP contribution in [0.5, 0.6) is 0 Å². The molecule has 0 bridgehead atoms. The molecular formula is C24H20FN5O. The van der Waals surface area contributed by atoms with Crippen LogP contribution in [-0.2, 0) is 16.8 Å². The van der Waals surface area contributed by atoms with E-state index in [4.69, 9.17) is 0 Å². The van der Waals surface area contributed by atoms with Gasteiger partial charge >= 0.3 is 0 Å². The van der Waals surface area contributed by atoms with Crippen molar-refractivity contribution in [3.8, 4) is 11.1 Å². The van der Waals surface area contributed by atoms with Crippen molar-refractivity contribution >= 4 is 22.4 Å². The van der Waals surface area contributed by atoms with Gasteiger partial charge in [0.15, 0.2) is 0 Å². The second kappa shape index (κ2) is 7.19. The first-order chi connectivity index (χ1) is 15.0. The minimum absolute atomic E-state index is 0.0257. The molecule has 154 valence electrons. The number of halogens is 1. The van der Waals surface area contributed by atoms with Gasteiger partial charge in [-0.25, -0.2) is 4.39 Å². The molecule has 0 spiro atoms. The highest BCUT2D eigenvalue weighted by atomic mass is 19.1. The zero-order valence-electron chi connectivity index (χ0n) is 17.2. The number of rotatable bonds is 4. The number of carbonyl (C=O) groups excluding carboxylic acids is 1. The first kappa shape index (κ1) is 19.2. The van der Waals surface area contributed by atoms with E-state index < -0.39 is 5.41 Å². The van der Waals surface area contributed by atoms with Crippen LogP contribution >= 0.6 is 0 Å². The molecule has 1 aliphatic heterocycles. The molecule has 31 heavy (non-hydrogen) atoms. The van der Waals surface area contributed by atoms with E-state index >= 15 is 0 Å². The van der Waals surface area contributed by atoms with Crippen LogP contribution in [0.2, 0.25) is 0 Å². The van der Waals surface area contributed by atoms with Crippen molar-refractivity contribution in [2.45, 2.75) is 32.2 Å². The fourth-order valence-electron chi connectivity index (χ4n) is 4.35. The molecule has 1 aromatic carbocycles. The van der Waals surface area contributed by atoms with Crippen molar-refractivity contribution in [2.75, 3.05) is 4.90 Å². The summed E-state index contributed by atoms with van der Waals surface area (Å²) in [7, 11) is 0. The Balaban J connectivity index is 1.69. The maximum atomic E-state index is 13.8. The van der Waals surface area contributed by atoms with Crippen LogP contribution in [0.4, 0.5) is 10.1 Å². The van der Waals surface area contributed by atoms with Crippen LogP contribution < -0.4 is 4.90 Å². The van der Waals surface area contributed by atoms with Crippen LogP contribution in [0.1, 0.15) is 31.5 Å². The number of anilines is 1. The Hall–Kier alpha value is -3.74. The molecule has 1 amide bonds. The zero-order valence-corrected chi connectivity index (χ0v) is 17.2. The lowest BCUT2D eigenvalue weighted by Crippen LogP contribution is -2.37. The van der Waals surface area contributed by atoms with Gasteiger partial charge in [0.2, 0.25) is 5.91 Å². The molecule has 4 heterocycles. The van der Waals surface area contributed by atoms with Gasteiger partial charge in [0.05, 0.1) is 41.9 Å². The quantitative estimate of drug-likeness (QED) is 0.495. The number of benzene rings is 1. The Morgan fingerprint density at radius 1 is 1.06 bits per heavy atom. The van der Waals surface area contributed by atoms with Crippen LogP contribution in [0, 0.1) is 5.82 Å². The first-order valence-corrected chi connectivity index (χ1v) is 10.1. The third-order valence-corrected chi connectivity index (χ3v) is 6.22. The normalized spacial score (nSPS) is 17.9. The van der Waals surface area contributed by atoms with Gasteiger partial charge in [-0.1, -0.05) is 13.0 Å². The maximum Gasteiger partial charge on any atom is 0.237 e. The van der Waals surface area contributed by atoms with E-state index in [2.05, 4.69) is 20.2 Å². The predicted octanol–water partition coefficient (Wildman–Crippen LogP) is 4.44. The van der Waals surface area contributed by atoms with Crippen LogP contribution in [-0.4, -0.2) is 26.1 Å². The topological polar surface area (TPSA) is 71.9 Å². The molecule has 0 N–H and O–H groups in total. The number of fused-ring (bicyclic) bond motifs is 2.